The van der Waals surface area contributed by atoms with Crippen LogP contribution < -0.4 is 19.5 Å². The normalized spacial score (nSPS) is 11.5. The second-order valence-electron chi connectivity index (χ2n) is 5.03. The molecular formula is C18H20ClNO4. The van der Waals surface area contributed by atoms with E-state index >= 15 is 0 Å². The molecule has 0 heterocycles. The molecular weight excluding hydrogens is 330 g/mol. The van der Waals surface area contributed by atoms with Gasteiger partial charge in [0.2, 0.25) is 0 Å². The largest absolute Gasteiger partial charge is 0.493 e. The van der Waals surface area contributed by atoms with Crippen molar-refractivity contribution in [2.45, 2.75) is 19.4 Å². The van der Waals surface area contributed by atoms with E-state index in [1.54, 1.807) is 56.7 Å². The van der Waals surface area contributed by atoms with Crippen molar-refractivity contribution < 1.29 is 19.0 Å². The zero-order valence-corrected chi connectivity index (χ0v) is 14.6. The molecule has 1 amide bonds. The molecule has 0 aliphatic carbocycles. The highest BCUT2D eigenvalue weighted by Gasteiger charge is 2.19. The molecule has 0 aliphatic heterocycles. The van der Waals surface area contributed by atoms with Crippen LogP contribution in [0.25, 0.3) is 0 Å². The van der Waals surface area contributed by atoms with Gasteiger partial charge in [0.05, 0.1) is 14.2 Å². The molecule has 0 radical (unpaired) electrons. The van der Waals surface area contributed by atoms with Gasteiger partial charge in [-0.15, -0.1) is 0 Å². The first-order valence-electron chi connectivity index (χ1n) is 7.52. The molecule has 128 valence electrons. The Bertz CT molecular complexity index is 688. The highest BCUT2D eigenvalue weighted by atomic mass is 35.5. The van der Waals surface area contributed by atoms with Crippen LogP contribution in [-0.4, -0.2) is 26.2 Å². The van der Waals surface area contributed by atoms with Crippen LogP contribution in [-0.2, 0) is 4.79 Å². The van der Waals surface area contributed by atoms with Crippen LogP contribution in [0.3, 0.4) is 0 Å². The molecule has 0 saturated carbocycles. The molecule has 2 aromatic rings. The second kappa shape index (κ2) is 8.45. The Kier molecular flexibility index (Phi) is 6.32. The van der Waals surface area contributed by atoms with Crippen LogP contribution >= 0.6 is 11.6 Å². The summed E-state index contributed by atoms with van der Waals surface area (Å²) in [5, 5.41) is 3.44. The summed E-state index contributed by atoms with van der Waals surface area (Å²) >= 11 is 5.85. The molecule has 0 bridgehead atoms. The fraction of sp³-hybridized carbons (Fsp3) is 0.278. The summed E-state index contributed by atoms with van der Waals surface area (Å²) in [6.45, 7) is 1.88. The molecule has 1 atom stereocenters. The number of hydrogen-bond acceptors (Lipinski definition) is 4. The predicted molar refractivity (Wildman–Crippen MR) is 94.3 cm³/mol. The Morgan fingerprint density at radius 1 is 1.08 bits per heavy atom. The molecule has 0 aromatic heterocycles. The fourth-order valence-corrected chi connectivity index (χ4v) is 2.26. The first-order chi connectivity index (χ1) is 11.6. The maximum Gasteiger partial charge on any atom is 0.265 e. The first-order valence-corrected chi connectivity index (χ1v) is 7.90. The molecule has 6 heteroatoms. The molecule has 0 fully saturated rings. The monoisotopic (exact) mass is 349 g/mol. The van der Waals surface area contributed by atoms with Gasteiger partial charge in [0.25, 0.3) is 5.91 Å². The van der Waals surface area contributed by atoms with Crippen LogP contribution in [0.4, 0.5) is 5.69 Å². The smallest absolute Gasteiger partial charge is 0.265 e. The average molecular weight is 350 g/mol. The predicted octanol–water partition coefficient (Wildman–Crippen LogP) is 4.15. The van der Waals surface area contributed by atoms with E-state index in [-0.39, 0.29) is 5.91 Å². The number of nitrogens with one attached hydrogen (secondary N) is 1. The van der Waals surface area contributed by atoms with Gasteiger partial charge in [-0.1, -0.05) is 18.5 Å². The van der Waals surface area contributed by atoms with Crippen molar-refractivity contribution >= 4 is 23.2 Å². The van der Waals surface area contributed by atoms with E-state index < -0.39 is 6.10 Å². The molecule has 24 heavy (non-hydrogen) atoms. The Balaban J connectivity index is 2.07. The van der Waals surface area contributed by atoms with E-state index in [1.165, 1.54) is 0 Å². The molecule has 1 N–H and O–H groups in total. The van der Waals surface area contributed by atoms with E-state index in [0.717, 1.165) is 0 Å². The lowest BCUT2D eigenvalue weighted by Gasteiger charge is -2.18. The summed E-state index contributed by atoms with van der Waals surface area (Å²) in [5.74, 6) is 1.50. The number of rotatable bonds is 7. The lowest BCUT2D eigenvalue weighted by molar-refractivity contribution is -0.122. The molecule has 0 saturated heterocycles. The van der Waals surface area contributed by atoms with Crippen molar-refractivity contribution in [3.05, 3.63) is 47.5 Å². The van der Waals surface area contributed by atoms with E-state index in [4.69, 9.17) is 25.8 Å². The minimum absolute atomic E-state index is 0.236. The zero-order valence-electron chi connectivity index (χ0n) is 13.8. The van der Waals surface area contributed by atoms with E-state index in [1.807, 2.05) is 6.92 Å². The van der Waals surface area contributed by atoms with Crippen molar-refractivity contribution in [1.29, 1.82) is 0 Å². The summed E-state index contributed by atoms with van der Waals surface area (Å²) < 4.78 is 16.1. The fourth-order valence-electron chi connectivity index (χ4n) is 2.14. The van der Waals surface area contributed by atoms with Crippen molar-refractivity contribution in [3.63, 3.8) is 0 Å². The van der Waals surface area contributed by atoms with Crippen molar-refractivity contribution in [3.8, 4) is 17.2 Å². The van der Waals surface area contributed by atoms with Gasteiger partial charge >= 0.3 is 0 Å². The third kappa shape index (κ3) is 4.55. The number of carbonyl (C=O) groups excluding carboxylic acids is 1. The number of ether oxygens (including phenoxy) is 3. The number of anilines is 1. The van der Waals surface area contributed by atoms with E-state index in [9.17, 15) is 4.79 Å². The first kappa shape index (κ1) is 17.9. The summed E-state index contributed by atoms with van der Waals surface area (Å²) in [4.78, 5) is 12.4. The van der Waals surface area contributed by atoms with E-state index in [0.29, 0.717) is 34.4 Å². The number of amides is 1. The van der Waals surface area contributed by atoms with Crippen LogP contribution in [0, 0.1) is 0 Å². The minimum Gasteiger partial charge on any atom is -0.493 e. The number of carbonyl (C=O) groups is 1. The molecule has 0 spiro atoms. The zero-order chi connectivity index (χ0) is 17.5. The summed E-state index contributed by atoms with van der Waals surface area (Å²) in [6.07, 6.45) is -0.0823. The lowest BCUT2D eigenvalue weighted by Crippen LogP contribution is -2.32. The molecule has 0 unspecified atom stereocenters. The molecule has 2 aromatic carbocycles. The number of halogens is 1. The quantitative estimate of drug-likeness (QED) is 0.815. The van der Waals surface area contributed by atoms with Gasteiger partial charge < -0.3 is 19.5 Å². The lowest BCUT2D eigenvalue weighted by atomic mass is 10.2. The van der Waals surface area contributed by atoms with Crippen LogP contribution in [0.2, 0.25) is 5.02 Å². The maximum absolute atomic E-state index is 12.4. The average Bonchev–Trinajstić information content (AvgIpc) is 2.60. The SMILES string of the molecule is CC[C@H](Oc1ccc(Cl)cc1)C(=O)Nc1ccc(OC)c(OC)c1. The topological polar surface area (TPSA) is 56.8 Å². The highest BCUT2D eigenvalue weighted by molar-refractivity contribution is 6.30. The van der Waals surface area contributed by atoms with Gasteiger partial charge in [0.15, 0.2) is 17.6 Å². The Labute approximate surface area is 146 Å². The maximum atomic E-state index is 12.4. The standard InChI is InChI=1S/C18H20ClNO4/c1-4-15(24-14-8-5-12(19)6-9-14)18(21)20-13-7-10-16(22-2)17(11-13)23-3/h5-11,15H,4H2,1-3H3,(H,20,21)/t15-/m0/s1. The van der Waals surface area contributed by atoms with Gasteiger partial charge in [0, 0.05) is 16.8 Å². The van der Waals surface area contributed by atoms with Crippen molar-refractivity contribution in [2.75, 3.05) is 19.5 Å². The Hall–Kier alpha value is -2.40. The second-order valence-corrected chi connectivity index (χ2v) is 5.46. The van der Waals surface area contributed by atoms with Crippen molar-refractivity contribution in [1.82, 2.24) is 0 Å². The van der Waals surface area contributed by atoms with Crippen LogP contribution in [0.1, 0.15) is 13.3 Å². The minimum atomic E-state index is -0.612. The summed E-state index contributed by atoms with van der Waals surface area (Å²) in [6, 6.07) is 12.1. The van der Waals surface area contributed by atoms with Gasteiger partial charge in [-0.3, -0.25) is 4.79 Å². The number of hydrogen-bond donors (Lipinski definition) is 1. The Morgan fingerprint density at radius 2 is 1.75 bits per heavy atom. The summed E-state index contributed by atoms with van der Waals surface area (Å²) in [5.41, 5.74) is 0.607. The van der Waals surface area contributed by atoms with Gasteiger partial charge in [-0.05, 0) is 42.8 Å². The third-order valence-electron chi connectivity index (χ3n) is 3.41. The Morgan fingerprint density at radius 3 is 2.33 bits per heavy atom. The molecule has 2 rings (SSSR count). The van der Waals surface area contributed by atoms with Crippen LogP contribution in [0.15, 0.2) is 42.5 Å². The van der Waals surface area contributed by atoms with Crippen molar-refractivity contribution in [2.24, 2.45) is 0 Å². The van der Waals surface area contributed by atoms with Crippen LogP contribution in [0.5, 0.6) is 17.2 Å². The van der Waals surface area contributed by atoms with Gasteiger partial charge in [-0.25, -0.2) is 0 Å². The molecule has 0 aliphatic rings. The summed E-state index contributed by atoms with van der Waals surface area (Å²) in [7, 11) is 3.10. The number of methoxy groups -OCH3 is 2. The number of benzene rings is 2. The van der Waals surface area contributed by atoms with Gasteiger partial charge in [-0.2, -0.15) is 0 Å². The molecule has 5 nitrogen and oxygen atoms in total. The third-order valence-corrected chi connectivity index (χ3v) is 3.66. The highest BCUT2D eigenvalue weighted by Crippen LogP contribution is 2.30. The van der Waals surface area contributed by atoms with E-state index in [2.05, 4.69) is 5.32 Å². The van der Waals surface area contributed by atoms with Gasteiger partial charge in [0.1, 0.15) is 5.75 Å².